The molecule has 2 rings (SSSR count). The molecule has 8 heteroatoms. The molecule has 0 atom stereocenters. The molecule has 0 spiro atoms. The number of anilines is 1. The third-order valence-electron chi connectivity index (χ3n) is 2.29. The van der Waals surface area contributed by atoms with E-state index in [0.29, 0.717) is 29.0 Å². The van der Waals surface area contributed by atoms with E-state index in [9.17, 15) is 0 Å². The van der Waals surface area contributed by atoms with Gasteiger partial charge in [-0.05, 0) is 22.9 Å². The molecule has 0 unspecified atom stereocenters. The lowest BCUT2D eigenvalue weighted by Gasteiger charge is -2.11. The van der Waals surface area contributed by atoms with Gasteiger partial charge >= 0.3 is 0 Å². The van der Waals surface area contributed by atoms with Crippen molar-refractivity contribution < 1.29 is 9.47 Å². The highest BCUT2D eigenvalue weighted by Gasteiger charge is 2.11. The second kappa shape index (κ2) is 5.54. The fourth-order valence-corrected chi connectivity index (χ4v) is 1.80. The smallest absolute Gasteiger partial charge is 0.263 e. The van der Waals surface area contributed by atoms with Crippen molar-refractivity contribution in [2.45, 2.75) is 6.54 Å². The van der Waals surface area contributed by atoms with Crippen molar-refractivity contribution in [3.05, 3.63) is 22.7 Å². The third-order valence-corrected chi connectivity index (χ3v) is 2.57. The molecular formula is C10H12ClN5O2. The average molecular weight is 270 g/mol. The van der Waals surface area contributed by atoms with E-state index in [-0.39, 0.29) is 0 Å². The molecule has 0 aliphatic heterocycles. The SMILES string of the molecule is COc1cc(CNc2nn[nH]n2)cc(Cl)c1OC. The number of methoxy groups -OCH3 is 2. The Morgan fingerprint density at radius 2 is 2.17 bits per heavy atom. The maximum atomic E-state index is 6.09. The number of tetrazole rings is 1. The summed E-state index contributed by atoms with van der Waals surface area (Å²) in [4.78, 5) is 0. The van der Waals surface area contributed by atoms with Gasteiger partial charge in [-0.15, -0.1) is 5.10 Å². The van der Waals surface area contributed by atoms with E-state index in [1.165, 1.54) is 0 Å². The summed E-state index contributed by atoms with van der Waals surface area (Å²) in [5.41, 5.74) is 0.919. The minimum absolute atomic E-state index is 0.418. The molecule has 0 aliphatic carbocycles. The van der Waals surface area contributed by atoms with Gasteiger partial charge < -0.3 is 14.8 Å². The first-order valence-electron chi connectivity index (χ1n) is 5.12. The van der Waals surface area contributed by atoms with Crippen LogP contribution in [0.3, 0.4) is 0 Å². The van der Waals surface area contributed by atoms with Gasteiger partial charge in [0, 0.05) is 6.54 Å². The molecule has 0 fully saturated rings. The number of benzene rings is 1. The van der Waals surface area contributed by atoms with Crippen LogP contribution in [-0.2, 0) is 6.54 Å². The van der Waals surface area contributed by atoms with Gasteiger partial charge in [0.05, 0.1) is 19.2 Å². The minimum Gasteiger partial charge on any atom is -0.493 e. The molecular weight excluding hydrogens is 258 g/mol. The first kappa shape index (κ1) is 12.4. The summed E-state index contributed by atoms with van der Waals surface area (Å²) < 4.78 is 10.4. The number of nitrogens with one attached hydrogen (secondary N) is 2. The maximum Gasteiger partial charge on any atom is 0.263 e. The molecule has 1 aromatic carbocycles. The van der Waals surface area contributed by atoms with Crippen molar-refractivity contribution >= 4 is 17.5 Å². The molecule has 0 amide bonds. The highest BCUT2D eigenvalue weighted by molar-refractivity contribution is 6.32. The van der Waals surface area contributed by atoms with Crippen LogP contribution in [0.4, 0.5) is 5.95 Å². The summed E-state index contributed by atoms with van der Waals surface area (Å²) in [5, 5.41) is 16.8. The molecule has 96 valence electrons. The van der Waals surface area contributed by atoms with Crippen molar-refractivity contribution in [3.63, 3.8) is 0 Å². The van der Waals surface area contributed by atoms with Gasteiger partial charge in [0.1, 0.15) is 0 Å². The summed E-state index contributed by atoms with van der Waals surface area (Å²) in [6.07, 6.45) is 0. The Kier molecular flexibility index (Phi) is 3.83. The predicted octanol–water partition coefficient (Wildman–Crippen LogP) is 1.48. The number of aromatic nitrogens is 4. The van der Waals surface area contributed by atoms with Gasteiger partial charge in [-0.3, -0.25) is 0 Å². The lowest BCUT2D eigenvalue weighted by molar-refractivity contribution is 0.355. The molecule has 0 aliphatic rings. The highest BCUT2D eigenvalue weighted by atomic mass is 35.5. The van der Waals surface area contributed by atoms with Gasteiger partial charge in [-0.25, -0.2) is 0 Å². The zero-order chi connectivity index (χ0) is 13.0. The number of halogens is 1. The minimum atomic E-state index is 0.418. The third kappa shape index (κ3) is 2.62. The van der Waals surface area contributed by atoms with Crippen molar-refractivity contribution in [2.24, 2.45) is 0 Å². The lowest BCUT2D eigenvalue weighted by Crippen LogP contribution is -2.02. The second-order valence-electron chi connectivity index (χ2n) is 3.40. The second-order valence-corrected chi connectivity index (χ2v) is 3.81. The van der Waals surface area contributed by atoms with Crippen LogP contribution in [-0.4, -0.2) is 34.8 Å². The molecule has 7 nitrogen and oxygen atoms in total. The molecule has 0 saturated heterocycles. The molecule has 18 heavy (non-hydrogen) atoms. The number of H-pyrrole nitrogens is 1. The maximum absolute atomic E-state index is 6.09. The molecule has 2 N–H and O–H groups in total. The molecule has 1 aromatic heterocycles. The number of aromatic amines is 1. The van der Waals surface area contributed by atoms with Crippen LogP contribution in [0.2, 0.25) is 5.02 Å². The number of rotatable bonds is 5. The summed E-state index contributed by atoms with van der Waals surface area (Å²) in [6.45, 7) is 0.500. The van der Waals surface area contributed by atoms with Gasteiger partial charge in [0.2, 0.25) is 0 Å². The van der Waals surface area contributed by atoms with Gasteiger partial charge in [0.25, 0.3) is 5.95 Å². The fraction of sp³-hybridized carbons (Fsp3) is 0.300. The predicted molar refractivity (Wildman–Crippen MR) is 66.1 cm³/mol. The molecule has 1 heterocycles. The fourth-order valence-electron chi connectivity index (χ4n) is 1.49. The van der Waals surface area contributed by atoms with Crippen molar-refractivity contribution in [2.75, 3.05) is 19.5 Å². The summed E-state index contributed by atoms with van der Waals surface area (Å²) in [6, 6.07) is 3.62. The van der Waals surface area contributed by atoms with Crippen molar-refractivity contribution in [1.82, 2.24) is 20.6 Å². The lowest BCUT2D eigenvalue weighted by atomic mass is 10.2. The van der Waals surface area contributed by atoms with Crippen molar-refractivity contribution in [1.29, 1.82) is 0 Å². The van der Waals surface area contributed by atoms with E-state index >= 15 is 0 Å². The number of nitrogens with zero attached hydrogens (tertiary/aromatic N) is 3. The zero-order valence-corrected chi connectivity index (χ0v) is 10.7. The number of hydrogen-bond acceptors (Lipinski definition) is 6. The number of ether oxygens (including phenoxy) is 2. The Hall–Kier alpha value is -2.02. The van der Waals surface area contributed by atoms with E-state index in [1.807, 2.05) is 6.07 Å². The molecule has 0 saturated carbocycles. The topological polar surface area (TPSA) is 85.0 Å². The summed E-state index contributed by atoms with van der Waals surface area (Å²) >= 11 is 6.09. The standard InChI is InChI=1S/C10H12ClN5O2/c1-17-8-4-6(3-7(11)9(8)18-2)5-12-10-13-15-16-14-10/h3-4H,5H2,1-2H3,(H2,12,13,14,15,16). The Morgan fingerprint density at radius 3 is 2.78 bits per heavy atom. The van der Waals surface area contributed by atoms with Crippen molar-refractivity contribution in [3.8, 4) is 11.5 Å². The van der Waals surface area contributed by atoms with E-state index in [1.54, 1.807) is 20.3 Å². The average Bonchev–Trinajstić information content (AvgIpc) is 2.88. The van der Waals surface area contributed by atoms with E-state index in [0.717, 1.165) is 5.56 Å². The van der Waals surface area contributed by atoms with Crippen LogP contribution in [0.5, 0.6) is 11.5 Å². The molecule has 0 radical (unpaired) electrons. The zero-order valence-electron chi connectivity index (χ0n) is 9.90. The highest BCUT2D eigenvalue weighted by Crippen LogP contribution is 2.36. The summed E-state index contributed by atoms with van der Waals surface area (Å²) in [5.74, 6) is 1.51. The first-order valence-corrected chi connectivity index (χ1v) is 5.50. The summed E-state index contributed by atoms with van der Waals surface area (Å²) in [7, 11) is 3.10. The van der Waals surface area contributed by atoms with Gasteiger partial charge in [-0.1, -0.05) is 16.7 Å². The molecule has 2 aromatic rings. The molecule has 0 bridgehead atoms. The monoisotopic (exact) mass is 269 g/mol. The Balaban J connectivity index is 2.16. The van der Waals surface area contributed by atoms with E-state index in [4.69, 9.17) is 21.1 Å². The van der Waals surface area contributed by atoms with Crippen LogP contribution in [0.1, 0.15) is 5.56 Å². The van der Waals surface area contributed by atoms with E-state index in [2.05, 4.69) is 25.9 Å². The van der Waals surface area contributed by atoms with Gasteiger partial charge in [0.15, 0.2) is 11.5 Å². The Labute approximate surface area is 108 Å². The van der Waals surface area contributed by atoms with Crippen LogP contribution in [0.25, 0.3) is 0 Å². The van der Waals surface area contributed by atoms with Crippen LogP contribution >= 0.6 is 11.6 Å². The largest absolute Gasteiger partial charge is 0.493 e. The Morgan fingerprint density at radius 1 is 1.33 bits per heavy atom. The Bertz CT molecular complexity index is 517. The first-order chi connectivity index (χ1) is 8.74. The van der Waals surface area contributed by atoms with E-state index < -0.39 is 0 Å². The quantitative estimate of drug-likeness (QED) is 0.855. The van der Waals surface area contributed by atoms with Crippen LogP contribution in [0, 0.1) is 0 Å². The number of hydrogen-bond donors (Lipinski definition) is 2. The van der Waals surface area contributed by atoms with Gasteiger partial charge in [-0.2, -0.15) is 5.21 Å². The van der Waals surface area contributed by atoms with Crippen LogP contribution < -0.4 is 14.8 Å². The van der Waals surface area contributed by atoms with Crippen LogP contribution in [0.15, 0.2) is 12.1 Å². The normalized spacial score (nSPS) is 10.2.